The first-order chi connectivity index (χ1) is 15.2. The summed E-state index contributed by atoms with van der Waals surface area (Å²) in [6.07, 6.45) is 3.57. The molecule has 0 saturated carbocycles. The van der Waals surface area contributed by atoms with Gasteiger partial charge in [0.25, 0.3) is 0 Å². The highest BCUT2D eigenvalue weighted by Gasteiger charge is 2.36. The first-order valence-electron chi connectivity index (χ1n) is 11.5. The summed E-state index contributed by atoms with van der Waals surface area (Å²) in [7, 11) is 2.22. The molecule has 5 heteroatoms. The van der Waals surface area contributed by atoms with Gasteiger partial charge in [-0.05, 0) is 43.9 Å². The number of rotatable bonds is 11. The SMILES string of the molecule is CN(Cc1ccccc1)CC(CCC1OCCO1)(CCC1OCCO1)c1ccccc1. The lowest BCUT2D eigenvalue weighted by Crippen LogP contribution is -2.40. The molecule has 0 spiro atoms. The second kappa shape index (κ2) is 11.2. The third kappa shape index (κ3) is 6.37. The van der Waals surface area contributed by atoms with Gasteiger partial charge in [-0.15, -0.1) is 0 Å². The maximum absolute atomic E-state index is 5.78. The van der Waals surface area contributed by atoms with E-state index in [4.69, 9.17) is 18.9 Å². The summed E-state index contributed by atoms with van der Waals surface area (Å²) >= 11 is 0. The molecule has 0 amide bonds. The summed E-state index contributed by atoms with van der Waals surface area (Å²) in [5.41, 5.74) is 2.66. The normalized spacial score (nSPS) is 18.3. The minimum absolute atomic E-state index is 0.0323. The van der Waals surface area contributed by atoms with Crippen molar-refractivity contribution in [3.63, 3.8) is 0 Å². The average molecular weight is 426 g/mol. The van der Waals surface area contributed by atoms with E-state index in [1.165, 1.54) is 11.1 Å². The summed E-state index contributed by atoms with van der Waals surface area (Å²) < 4.78 is 23.1. The molecular weight excluding hydrogens is 390 g/mol. The molecule has 0 aliphatic carbocycles. The Labute approximate surface area is 186 Å². The number of hydrogen-bond acceptors (Lipinski definition) is 5. The van der Waals surface area contributed by atoms with Crippen LogP contribution in [0, 0.1) is 0 Å². The maximum Gasteiger partial charge on any atom is 0.157 e. The summed E-state index contributed by atoms with van der Waals surface area (Å²) in [4.78, 5) is 2.44. The van der Waals surface area contributed by atoms with Gasteiger partial charge in [0.05, 0.1) is 26.4 Å². The van der Waals surface area contributed by atoms with Crippen LogP contribution in [0.2, 0.25) is 0 Å². The molecule has 0 N–H and O–H groups in total. The van der Waals surface area contributed by atoms with E-state index in [2.05, 4.69) is 72.6 Å². The van der Waals surface area contributed by atoms with Crippen LogP contribution in [0.25, 0.3) is 0 Å². The van der Waals surface area contributed by atoms with Crippen LogP contribution in [0.4, 0.5) is 0 Å². The van der Waals surface area contributed by atoms with E-state index >= 15 is 0 Å². The lowest BCUT2D eigenvalue weighted by atomic mass is 9.72. The van der Waals surface area contributed by atoms with E-state index in [1.807, 2.05) is 0 Å². The Morgan fingerprint density at radius 1 is 0.742 bits per heavy atom. The summed E-state index contributed by atoms with van der Waals surface area (Å²) in [5, 5.41) is 0. The van der Waals surface area contributed by atoms with Gasteiger partial charge in [-0.3, -0.25) is 0 Å². The van der Waals surface area contributed by atoms with Crippen LogP contribution in [0.15, 0.2) is 60.7 Å². The first-order valence-corrected chi connectivity index (χ1v) is 11.5. The Bertz CT molecular complexity index is 737. The molecule has 31 heavy (non-hydrogen) atoms. The van der Waals surface area contributed by atoms with Gasteiger partial charge in [-0.1, -0.05) is 60.7 Å². The van der Waals surface area contributed by atoms with Gasteiger partial charge in [0.1, 0.15) is 0 Å². The number of nitrogens with zero attached hydrogens (tertiary/aromatic N) is 1. The molecule has 2 aromatic carbocycles. The van der Waals surface area contributed by atoms with Gasteiger partial charge in [-0.25, -0.2) is 0 Å². The lowest BCUT2D eigenvalue weighted by molar-refractivity contribution is -0.0609. The van der Waals surface area contributed by atoms with Gasteiger partial charge in [0.15, 0.2) is 12.6 Å². The molecule has 2 saturated heterocycles. The largest absolute Gasteiger partial charge is 0.350 e. The van der Waals surface area contributed by atoms with E-state index in [-0.39, 0.29) is 18.0 Å². The molecule has 0 atom stereocenters. The van der Waals surface area contributed by atoms with Crippen molar-refractivity contribution in [2.45, 2.75) is 50.2 Å². The average Bonchev–Trinajstić information content (AvgIpc) is 3.51. The summed E-state index contributed by atoms with van der Waals surface area (Å²) in [5.74, 6) is 0. The van der Waals surface area contributed by atoms with Gasteiger partial charge >= 0.3 is 0 Å². The van der Waals surface area contributed by atoms with Crippen LogP contribution in [-0.2, 0) is 30.9 Å². The molecule has 2 aromatic rings. The van der Waals surface area contributed by atoms with Gasteiger partial charge < -0.3 is 23.8 Å². The smallest absolute Gasteiger partial charge is 0.157 e. The Balaban J connectivity index is 1.54. The van der Waals surface area contributed by atoms with Crippen molar-refractivity contribution in [1.82, 2.24) is 4.90 Å². The number of benzene rings is 2. The third-order valence-electron chi connectivity index (χ3n) is 6.35. The fraction of sp³-hybridized carbons (Fsp3) is 0.538. The molecule has 2 aliphatic heterocycles. The molecular formula is C26H35NO4. The Hall–Kier alpha value is -1.76. The molecule has 0 bridgehead atoms. The quantitative estimate of drug-likeness (QED) is 0.535. The number of hydrogen-bond donors (Lipinski definition) is 0. The van der Waals surface area contributed by atoms with Crippen LogP contribution < -0.4 is 0 Å². The Kier molecular flexibility index (Phi) is 8.11. The lowest BCUT2D eigenvalue weighted by Gasteiger charge is -2.39. The second-order valence-electron chi connectivity index (χ2n) is 8.72. The second-order valence-corrected chi connectivity index (χ2v) is 8.72. The molecule has 2 fully saturated rings. The van der Waals surface area contributed by atoms with Crippen molar-refractivity contribution in [1.29, 1.82) is 0 Å². The minimum Gasteiger partial charge on any atom is -0.350 e. The fourth-order valence-electron chi connectivity index (χ4n) is 4.86. The molecule has 5 nitrogen and oxygen atoms in total. The van der Waals surface area contributed by atoms with E-state index in [9.17, 15) is 0 Å². The van der Waals surface area contributed by atoms with Crippen LogP contribution in [0.5, 0.6) is 0 Å². The highest BCUT2D eigenvalue weighted by Crippen LogP contribution is 2.38. The van der Waals surface area contributed by atoms with Crippen molar-refractivity contribution < 1.29 is 18.9 Å². The van der Waals surface area contributed by atoms with Crippen molar-refractivity contribution in [3.8, 4) is 0 Å². The first kappa shape index (κ1) is 22.4. The maximum atomic E-state index is 5.78. The van der Waals surface area contributed by atoms with Gasteiger partial charge in [-0.2, -0.15) is 0 Å². The fourth-order valence-corrected chi connectivity index (χ4v) is 4.86. The van der Waals surface area contributed by atoms with Gasteiger partial charge in [0.2, 0.25) is 0 Å². The number of likely N-dealkylation sites (N-methyl/N-ethyl adjacent to an activating group) is 1. The van der Waals surface area contributed by atoms with Crippen LogP contribution >= 0.6 is 0 Å². The zero-order valence-corrected chi connectivity index (χ0v) is 18.6. The van der Waals surface area contributed by atoms with E-state index in [0.29, 0.717) is 26.4 Å². The Morgan fingerprint density at radius 3 is 1.74 bits per heavy atom. The predicted octanol–water partition coefficient (Wildman–Crippen LogP) is 4.36. The highest BCUT2D eigenvalue weighted by molar-refractivity contribution is 5.26. The molecule has 168 valence electrons. The molecule has 0 unspecified atom stereocenters. The monoisotopic (exact) mass is 425 g/mol. The van der Waals surface area contributed by atoms with Crippen LogP contribution in [0.1, 0.15) is 36.8 Å². The summed E-state index contributed by atoms with van der Waals surface area (Å²) in [6.45, 7) is 4.65. The van der Waals surface area contributed by atoms with Crippen molar-refractivity contribution in [2.75, 3.05) is 40.0 Å². The third-order valence-corrected chi connectivity index (χ3v) is 6.35. The van der Waals surface area contributed by atoms with Gasteiger partial charge in [0, 0.05) is 18.5 Å². The number of ether oxygens (including phenoxy) is 4. The molecule has 0 aromatic heterocycles. The zero-order valence-electron chi connectivity index (χ0n) is 18.6. The molecule has 2 aliphatic rings. The van der Waals surface area contributed by atoms with Crippen molar-refractivity contribution >= 4 is 0 Å². The van der Waals surface area contributed by atoms with Crippen molar-refractivity contribution in [2.24, 2.45) is 0 Å². The highest BCUT2D eigenvalue weighted by atomic mass is 16.7. The predicted molar refractivity (Wildman–Crippen MR) is 121 cm³/mol. The Morgan fingerprint density at radius 2 is 1.23 bits per heavy atom. The van der Waals surface area contributed by atoms with E-state index < -0.39 is 0 Å². The van der Waals surface area contributed by atoms with Crippen molar-refractivity contribution in [3.05, 3.63) is 71.8 Å². The van der Waals surface area contributed by atoms with Crippen LogP contribution in [0.3, 0.4) is 0 Å². The molecule has 2 heterocycles. The standard InChI is InChI=1S/C26H35NO4/c1-27(20-22-8-4-2-5-9-22)21-26(23-10-6-3-7-11-23,14-12-24-28-16-17-29-24)15-13-25-30-18-19-31-25/h2-11,24-25H,12-21H2,1H3. The zero-order chi connectivity index (χ0) is 21.4. The minimum atomic E-state index is -0.0958. The molecule has 0 radical (unpaired) electrons. The topological polar surface area (TPSA) is 40.2 Å². The summed E-state index contributed by atoms with van der Waals surface area (Å²) in [6, 6.07) is 21.6. The van der Waals surface area contributed by atoms with E-state index in [1.54, 1.807) is 0 Å². The molecule has 4 rings (SSSR count). The van der Waals surface area contributed by atoms with Crippen LogP contribution in [-0.4, -0.2) is 57.5 Å². The van der Waals surface area contributed by atoms with E-state index in [0.717, 1.165) is 38.8 Å².